The number of benzene rings is 2. The van der Waals surface area contributed by atoms with Crippen LogP contribution in [0.3, 0.4) is 0 Å². The fourth-order valence-electron chi connectivity index (χ4n) is 3.43. The third kappa shape index (κ3) is 5.78. The van der Waals surface area contributed by atoms with E-state index in [2.05, 4.69) is 15.5 Å². The quantitative estimate of drug-likeness (QED) is 0.645. The minimum atomic E-state index is -0.532. The first-order valence-corrected chi connectivity index (χ1v) is 11.4. The molecule has 0 radical (unpaired) electrons. The molecular weight excluding hydrogens is 444 g/mol. The Kier molecular flexibility index (Phi) is 7.41. The van der Waals surface area contributed by atoms with Crippen LogP contribution >= 0.6 is 23.8 Å². The van der Waals surface area contributed by atoms with Crippen molar-refractivity contribution < 1.29 is 9.59 Å². The Morgan fingerprint density at radius 2 is 1.69 bits per heavy atom. The van der Waals surface area contributed by atoms with Crippen LogP contribution in [0.4, 0.5) is 11.4 Å². The molecule has 0 aliphatic carbocycles. The van der Waals surface area contributed by atoms with Gasteiger partial charge in [0.1, 0.15) is 0 Å². The number of anilines is 2. The molecule has 1 saturated heterocycles. The van der Waals surface area contributed by atoms with Crippen LogP contribution in [0.5, 0.6) is 0 Å². The lowest BCUT2D eigenvalue weighted by molar-refractivity contribution is -0.126. The average Bonchev–Trinajstić information content (AvgIpc) is 2.73. The van der Waals surface area contributed by atoms with Crippen LogP contribution < -0.4 is 15.5 Å². The van der Waals surface area contributed by atoms with Gasteiger partial charge in [-0.05, 0) is 49.0 Å². The van der Waals surface area contributed by atoms with Gasteiger partial charge < -0.3 is 20.4 Å². The molecule has 6 nitrogen and oxygen atoms in total. The minimum absolute atomic E-state index is 0.0687. The Morgan fingerprint density at radius 1 is 1.03 bits per heavy atom. The van der Waals surface area contributed by atoms with Crippen LogP contribution in [0.25, 0.3) is 0 Å². The summed E-state index contributed by atoms with van der Waals surface area (Å²) in [5, 5.41) is 6.51. The number of rotatable bonds is 3. The highest BCUT2D eigenvalue weighted by atomic mass is 35.5. The number of carbonyl (C=O) groups is 2. The molecule has 32 heavy (non-hydrogen) atoms. The molecule has 170 valence electrons. The van der Waals surface area contributed by atoms with E-state index in [0.29, 0.717) is 36.9 Å². The van der Waals surface area contributed by atoms with Gasteiger partial charge in [0, 0.05) is 42.8 Å². The van der Waals surface area contributed by atoms with E-state index in [9.17, 15) is 9.59 Å². The zero-order chi connectivity index (χ0) is 23.5. The van der Waals surface area contributed by atoms with Crippen molar-refractivity contribution in [2.45, 2.75) is 27.7 Å². The van der Waals surface area contributed by atoms with E-state index in [1.807, 2.05) is 69.0 Å². The molecule has 1 heterocycles. The molecule has 1 aliphatic rings. The fourth-order valence-corrected chi connectivity index (χ4v) is 3.94. The first-order chi connectivity index (χ1) is 15.1. The second-order valence-electron chi connectivity index (χ2n) is 8.92. The number of carbonyl (C=O) groups excluding carboxylic acids is 2. The molecule has 0 saturated carbocycles. The first-order valence-electron chi connectivity index (χ1n) is 10.6. The largest absolute Gasteiger partial charge is 0.367 e. The van der Waals surface area contributed by atoms with Gasteiger partial charge in [-0.25, -0.2) is 0 Å². The molecule has 3 rings (SSSR count). The van der Waals surface area contributed by atoms with Gasteiger partial charge in [0.2, 0.25) is 5.91 Å². The highest BCUT2D eigenvalue weighted by molar-refractivity contribution is 7.80. The lowest BCUT2D eigenvalue weighted by Gasteiger charge is -2.36. The molecule has 2 aromatic rings. The number of thiocarbonyl (C=S) groups is 1. The Hall–Kier alpha value is -2.64. The van der Waals surface area contributed by atoms with Gasteiger partial charge in [-0.2, -0.15) is 0 Å². The second kappa shape index (κ2) is 9.88. The van der Waals surface area contributed by atoms with Crippen molar-refractivity contribution in [3.8, 4) is 0 Å². The lowest BCUT2D eigenvalue weighted by atomic mass is 9.96. The number of nitrogens with one attached hydrogen (secondary N) is 2. The summed E-state index contributed by atoms with van der Waals surface area (Å²) < 4.78 is 0. The lowest BCUT2D eigenvalue weighted by Crippen LogP contribution is -2.49. The van der Waals surface area contributed by atoms with Crippen LogP contribution in [0.1, 0.15) is 36.7 Å². The number of halogens is 1. The molecular formula is C24H29ClN4O2S. The van der Waals surface area contributed by atoms with E-state index in [4.69, 9.17) is 23.8 Å². The van der Waals surface area contributed by atoms with Crippen molar-refractivity contribution in [2.24, 2.45) is 5.41 Å². The summed E-state index contributed by atoms with van der Waals surface area (Å²) in [6.07, 6.45) is 0. The zero-order valence-corrected chi connectivity index (χ0v) is 20.4. The predicted octanol–water partition coefficient (Wildman–Crippen LogP) is 4.47. The zero-order valence-electron chi connectivity index (χ0n) is 18.9. The summed E-state index contributed by atoms with van der Waals surface area (Å²) >= 11 is 11.8. The second-order valence-corrected chi connectivity index (χ2v) is 9.73. The Labute approximate surface area is 199 Å². The number of piperazine rings is 1. The number of amides is 2. The predicted molar refractivity (Wildman–Crippen MR) is 135 cm³/mol. The van der Waals surface area contributed by atoms with E-state index in [0.717, 1.165) is 16.8 Å². The highest BCUT2D eigenvalue weighted by Crippen LogP contribution is 2.30. The summed E-state index contributed by atoms with van der Waals surface area (Å²) in [6, 6.07) is 13.3. The minimum Gasteiger partial charge on any atom is -0.367 e. The molecule has 8 heteroatoms. The summed E-state index contributed by atoms with van der Waals surface area (Å²) in [5.74, 6) is -0.0879. The molecule has 0 aromatic heterocycles. The van der Waals surface area contributed by atoms with Crippen molar-refractivity contribution in [3.63, 3.8) is 0 Å². The van der Waals surface area contributed by atoms with E-state index in [-0.39, 0.29) is 16.9 Å². The van der Waals surface area contributed by atoms with Gasteiger partial charge in [0.05, 0.1) is 10.7 Å². The molecule has 2 amide bonds. The van der Waals surface area contributed by atoms with Gasteiger partial charge in [-0.1, -0.05) is 50.6 Å². The normalized spacial score (nSPS) is 14.2. The highest BCUT2D eigenvalue weighted by Gasteiger charge is 2.25. The smallest absolute Gasteiger partial charge is 0.254 e. The summed E-state index contributed by atoms with van der Waals surface area (Å²) in [5.41, 5.74) is 2.82. The molecule has 1 aliphatic heterocycles. The van der Waals surface area contributed by atoms with E-state index < -0.39 is 5.41 Å². The third-order valence-electron chi connectivity index (χ3n) is 5.40. The molecule has 0 bridgehead atoms. The average molecular weight is 473 g/mol. The van der Waals surface area contributed by atoms with E-state index >= 15 is 0 Å². The topological polar surface area (TPSA) is 64.7 Å². The molecule has 1 fully saturated rings. The van der Waals surface area contributed by atoms with Crippen molar-refractivity contribution in [1.82, 2.24) is 10.2 Å². The van der Waals surface area contributed by atoms with E-state index in [1.165, 1.54) is 0 Å². The Balaban J connectivity index is 1.59. The maximum absolute atomic E-state index is 12.8. The monoisotopic (exact) mass is 472 g/mol. The maximum atomic E-state index is 12.8. The van der Waals surface area contributed by atoms with Gasteiger partial charge in [-0.3, -0.25) is 9.59 Å². The summed E-state index contributed by atoms with van der Waals surface area (Å²) in [6.45, 7) is 10.1. The van der Waals surface area contributed by atoms with Gasteiger partial charge in [0.25, 0.3) is 5.91 Å². The first kappa shape index (κ1) is 24.0. The number of aryl methyl sites for hydroxylation is 1. The van der Waals surface area contributed by atoms with Gasteiger partial charge in [-0.15, -0.1) is 0 Å². The van der Waals surface area contributed by atoms with E-state index in [1.54, 1.807) is 6.07 Å². The van der Waals surface area contributed by atoms with Crippen molar-refractivity contribution in [2.75, 3.05) is 36.4 Å². The van der Waals surface area contributed by atoms with Crippen molar-refractivity contribution >= 4 is 52.1 Å². The number of nitrogens with zero attached hydrogens (tertiary/aromatic N) is 2. The molecule has 2 N–H and O–H groups in total. The molecule has 0 atom stereocenters. The van der Waals surface area contributed by atoms with Crippen LogP contribution in [-0.2, 0) is 4.79 Å². The standard InChI is InChI=1S/C24H29ClN4O2S/c1-16-7-5-6-8-18(16)21(30)29-13-11-28(12-14-29)20-10-9-17(15-19(20)25)26-23(32)27-22(31)24(2,3)4/h5-10,15H,11-14H2,1-4H3,(H2,26,27,31,32). The molecule has 0 unspecified atom stereocenters. The Morgan fingerprint density at radius 3 is 2.28 bits per heavy atom. The maximum Gasteiger partial charge on any atom is 0.254 e. The summed E-state index contributed by atoms with van der Waals surface area (Å²) in [4.78, 5) is 29.0. The Bertz CT molecular complexity index is 1030. The fraction of sp³-hybridized carbons (Fsp3) is 0.375. The molecule has 0 spiro atoms. The van der Waals surface area contributed by atoms with Crippen LogP contribution in [0.15, 0.2) is 42.5 Å². The summed E-state index contributed by atoms with van der Waals surface area (Å²) in [7, 11) is 0. The molecule has 2 aromatic carbocycles. The van der Waals surface area contributed by atoms with Gasteiger partial charge >= 0.3 is 0 Å². The van der Waals surface area contributed by atoms with Crippen molar-refractivity contribution in [3.05, 3.63) is 58.6 Å². The van der Waals surface area contributed by atoms with Crippen LogP contribution in [-0.4, -0.2) is 48.0 Å². The van der Waals surface area contributed by atoms with Crippen LogP contribution in [0, 0.1) is 12.3 Å². The van der Waals surface area contributed by atoms with Crippen LogP contribution in [0.2, 0.25) is 5.02 Å². The number of hydrogen-bond donors (Lipinski definition) is 2. The van der Waals surface area contributed by atoms with Crippen molar-refractivity contribution in [1.29, 1.82) is 0 Å². The third-order valence-corrected chi connectivity index (χ3v) is 5.90. The SMILES string of the molecule is Cc1ccccc1C(=O)N1CCN(c2ccc(NC(=S)NC(=O)C(C)(C)C)cc2Cl)CC1. The number of hydrogen-bond acceptors (Lipinski definition) is 4. The van der Waals surface area contributed by atoms with Gasteiger partial charge in [0.15, 0.2) is 5.11 Å².